The first-order chi connectivity index (χ1) is 11.7. The smallest absolute Gasteiger partial charge is 0.274 e. The summed E-state index contributed by atoms with van der Waals surface area (Å²) in [4.78, 5) is 20.7. The summed E-state index contributed by atoms with van der Waals surface area (Å²) in [5.74, 6) is 0.804. The van der Waals surface area contributed by atoms with Gasteiger partial charge in [-0.1, -0.05) is 11.3 Å². The first kappa shape index (κ1) is 15.2. The summed E-state index contributed by atoms with van der Waals surface area (Å²) < 4.78 is 12.4. The van der Waals surface area contributed by atoms with Gasteiger partial charge in [0.15, 0.2) is 4.96 Å². The second-order valence-electron chi connectivity index (χ2n) is 5.54. The number of morpholine rings is 1. The van der Waals surface area contributed by atoms with Crippen molar-refractivity contribution in [3.63, 3.8) is 0 Å². The number of rotatable bonds is 3. The molecule has 0 N–H and O–H groups in total. The Labute approximate surface area is 143 Å². The van der Waals surface area contributed by atoms with Crippen LogP contribution in [0, 0.1) is 0 Å². The lowest BCUT2D eigenvalue weighted by molar-refractivity contribution is 0.0299. The average molecular weight is 343 g/mol. The van der Waals surface area contributed by atoms with Crippen molar-refractivity contribution in [2.45, 2.75) is 0 Å². The van der Waals surface area contributed by atoms with Crippen molar-refractivity contribution in [3.8, 4) is 16.2 Å². The van der Waals surface area contributed by atoms with Gasteiger partial charge in [-0.15, -0.1) is 0 Å². The van der Waals surface area contributed by atoms with Crippen molar-refractivity contribution in [1.82, 2.24) is 14.3 Å². The third kappa shape index (κ3) is 2.76. The molecule has 3 aromatic rings. The van der Waals surface area contributed by atoms with Crippen LogP contribution in [0.15, 0.2) is 36.7 Å². The minimum atomic E-state index is -0.0276. The highest BCUT2D eigenvalue weighted by molar-refractivity contribution is 7.20. The molecule has 0 radical (unpaired) electrons. The van der Waals surface area contributed by atoms with Crippen molar-refractivity contribution >= 4 is 22.2 Å². The number of fused-ring (bicyclic) bond motifs is 1. The first-order valence-corrected chi connectivity index (χ1v) is 8.56. The Kier molecular flexibility index (Phi) is 3.95. The normalized spacial score (nSPS) is 15.0. The number of methoxy groups -OCH3 is 1. The predicted octanol–water partition coefficient (Wildman–Crippen LogP) is 2.54. The van der Waals surface area contributed by atoms with Crippen LogP contribution < -0.4 is 4.74 Å². The number of ether oxygens (including phenoxy) is 2. The highest BCUT2D eigenvalue weighted by atomic mass is 32.1. The number of benzene rings is 1. The van der Waals surface area contributed by atoms with Crippen LogP contribution in [-0.2, 0) is 4.74 Å². The van der Waals surface area contributed by atoms with Gasteiger partial charge >= 0.3 is 0 Å². The third-order valence-electron chi connectivity index (χ3n) is 4.05. The van der Waals surface area contributed by atoms with E-state index in [9.17, 15) is 4.79 Å². The molecule has 0 spiro atoms. The minimum Gasteiger partial charge on any atom is -0.497 e. The number of carbonyl (C=O) groups is 1. The summed E-state index contributed by atoms with van der Waals surface area (Å²) in [6.45, 7) is 2.44. The van der Waals surface area contributed by atoms with Crippen molar-refractivity contribution in [2.75, 3.05) is 33.4 Å². The molecule has 2 aromatic heterocycles. The molecular weight excluding hydrogens is 326 g/mol. The van der Waals surface area contributed by atoms with E-state index in [1.807, 2.05) is 34.9 Å². The first-order valence-electron chi connectivity index (χ1n) is 7.74. The molecule has 7 heteroatoms. The molecule has 1 saturated heterocycles. The second kappa shape index (κ2) is 6.26. The number of amides is 1. The fourth-order valence-corrected chi connectivity index (χ4v) is 3.69. The molecule has 1 aliphatic rings. The second-order valence-corrected chi connectivity index (χ2v) is 6.55. The lowest BCUT2D eigenvalue weighted by Crippen LogP contribution is -2.40. The van der Waals surface area contributed by atoms with E-state index in [1.54, 1.807) is 29.5 Å². The monoisotopic (exact) mass is 343 g/mol. The van der Waals surface area contributed by atoms with Crippen molar-refractivity contribution in [3.05, 3.63) is 42.4 Å². The standard InChI is InChI=1S/C17H17N3O3S/c1-22-13-4-2-12(3-5-13)15-11-20-10-14(18-17(20)24-15)16(21)19-6-8-23-9-7-19/h2-5,10-11H,6-9H2,1H3. The molecule has 0 aliphatic carbocycles. The lowest BCUT2D eigenvalue weighted by atomic mass is 10.2. The van der Waals surface area contributed by atoms with E-state index >= 15 is 0 Å². The molecule has 3 heterocycles. The summed E-state index contributed by atoms with van der Waals surface area (Å²) in [5, 5.41) is 0. The molecular formula is C17H17N3O3S. The van der Waals surface area contributed by atoms with E-state index in [4.69, 9.17) is 9.47 Å². The number of hydrogen-bond donors (Lipinski definition) is 0. The maximum absolute atomic E-state index is 12.5. The van der Waals surface area contributed by atoms with Crippen LogP contribution in [-0.4, -0.2) is 53.6 Å². The Morgan fingerprint density at radius 1 is 1.21 bits per heavy atom. The molecule has 0 atom stereocenters. The molecule has 24 heavy (non-hydrogen) atoms. The van der Waals surface area contributed by atoms with Gasteiger partial charge in [0.25, 0.3) is 5.91 Å². The molecule has 124 valence electrons. The molecule has 1 aliphatic heterocycles. The number of aromatic nitrogens is 2. The van der Waals surface area contributed by atoms with E-state index in [0.717, 1.165) is 21.2 Å². The van der Waals surface area contributed by atoms with Crippen LogP contribution >= 0.6 is 11.3 Å². The number of carbonyl (C=O) groups excluding carboxylic acids is 1. The number of imidazole rings is 1. The number of hydrogen-bond acceptors (Lipinski definition) is 5. The van der Waals surface area contributed by atoms with Gasteiger partial charge in [-0.25, -0.2) is 4.98 Å². The van der Waals surface area contributed by atoms with Crippen LogP contribution in [0.25, 0.3) is 15.4 Å². The Bertz CT molecular complexity index is 831. The summed E-state index contributed by atoms with van der Waals surface area (Å²) in [6, 6.07) is 7.91. The molecule has 6 nitrogen and oxygen atoms in total. The lowest BCUT2D eigenvalue weighted by Gasteiger charge is -2.25. The van der Waals surface area contributed by atoms with Gasteiger partial charge in [0.1, 0.15) is 11.4 Å². The third-order valence-corrected chi connectivity index (χ3v) is 5.09. The van der Waals surface area contributed by atoms with Gasteiger partial charge in [-0.3, -0.25) is 9.20 Å². The SMILES string of the molecule is COc1ccc(-c2cn3cc(C(=O)N4CCOCC4)nc3s2)cc1. The Balaban J connectivity index is 1.58. The quantitative estimate of drug-likeness (QED) is 0.733. The van der Waals surface area contributed by atoms with Gasteiger partial charge in [-0.2, -0.15) is 0 Å². The summed E-state index contributed by atoms with van der Waals surface area (Å²) in [5.41, 5.74) is 1.59. The van der Waals surface area contributed by atoms with E-state index in [1.165, 1.54) is 0 Å². The summed E-state index contributed by atoms with van der Waals surface area (Å²) >= 11 is 1.56. The minimum absolute atomic E-state index is 0.0276. The van der Waals surface area contributed by atoms with Crippen molar-refractivity contribution in [1.29, 1.82) is 0 Å². The van der Waals surface area contributed by atoms with Gasteiger partial charge in [0.2, 0.25) is 0 Å². The number of nitrogens with zero attached hydrogens (tertiary/aromatic N) is 3. The van der Waals surface area contributed by atoms with Crippen LogP contribution in [0.1, 0.15) is 10.5 Å². The molecule has 1 fully saturated rings. The largest absolute Gasteiger partial charge is 0.497 e. The fourth-order valence-electron chi connectivity index (χ4n) is 2.72. The van der Waals surface area contributed by atoms with Crippen LogP contribution in [0.5, 0.6) is 5.75 Å². The van der Waals surface area contributed by atoms with Gasteiger partial charge in [0, 0.05) is 25.5 Å². The molecule has 4 rings (SSSR count). The van der Waals surface area contributed by atoms with E-state index in [0.29, 0.717) is 32.0 Å². The summed E-state index contributed by atoms with van der Waals surface area (Å²) in [6.07, 6.45) is 3.81. The van der Waals surface area contributed by atoms with Crippen molar-refractivity contribution < 1.29 is 14.3 Å². The van der Waals surface area contributed by atoms with E-state index in [-0.39, 0.29) is 5.91 Å². The fraction of sp³-hybridized carbons (Fsp3) is 0.294. The Morgan fingerprint density at radius 3 is 2.62 bits per heavy atom. The average Bonchev–Trinajstić information content (AvgIpc) is 3.21. The highest BCUT2D eigenvalue weighted by Gasteiger charge is 2.21. The molecule has 1 aromatic carbocycles. The number of thiazole rings is 1. The van der Waals surface area contributed by atoms with E-state index < -0.39 is 0 Å². The zero-order chi connectivity index (χ0) is 16.5. The van der Waals surface area contributed by atoms with Gasteiger partial charge < -0.3 is 14.4 Å². The zero-order valence-electron chi connectivity index (χ0n) is 13.3. The maximum atomic E-state index is 12.5. The summed E-state index contributed by atoms with van der Waals surface area (Å²) in [7, 11) is 1.65. The van der Waals surface area contributed by atoms with Gasteiger partial charge in [-0.05, 0) is 29.8 Å². The van der Waals surface area contributed by atoms with Crippen molar-refractivity contribution in [2.24, 2.45) is 0 Å². The highest BCUT2D eigenvalue weighted by Crippen LogP contribution is 2.30. The van der Waals surface area contributed by atoms with E-state index in [2.05, 4.69) is 4.98 Å². The van der Waals surface area contributed by atoms with Crippen LogP contribution in [0.2, 0.25) is 0 Å². The zero-order valence-corrected chi connectivity index (χ0v) is 14.1. The Morgan fingerprint density at radius 2 is 1.96 bits per heavy atom. The van der Waals surface area contributed by atoms with Crippen LogP contribution in [0.4, 0.5) is 0 Å². The Hall–Kier alpha value is -2.38. The molecule has 0 bridgehead atoms. The molecule has 0 saturated carbocycles. The van der Waals surface area contributed by atoms with Gasteiger partial charge in [0.05, 0.1) is 25.2 Å². The predicted molar refractivity (Wildman–Crippen MR) is 91.8 cm³/mol. The topological polar surface area (TPSA) is 56.1 Å². The maximum Gasteiger partial charge on any atom is 0.274 e. The molecule has 0 unspecified atom stereocenters. The molecule has 1 amide bonds. The van der Waals surface area contributed by atoms with Crippen LogP contribution in [0.3, 0.4) is 0 Å².